The fourth-order valence-corrected chi connectivity index (χ4v) is 3.73. The van der Waals surface area contributed by atoms with Crippen LogP contribution in [0, 0.1) is 5.92 Å². The second kappa shape index (κ2) is 5.62. The molecule has 1 aromatic rings. The number of benzene rings is 1. The molecule has 3 unspecified atom stereocenters. The fraction of sp³-hybridized carbons (Fsp3) is 0.533. The summed E-state index contributed by atoms with van der Waals surface area (Å²) < 4.78 is 0. The summed E-state index contributed by atoms with van der Waals surface area (Å²) in [4.78, 5) is 15.7. The van der Waals surface area contributed by atoms with Crippen LogP contribution in [0.1, 0.15) is 12.8 Å². The minimum Gasteiger partial charge on any atom is -0.480 e. The van der Waals surface area contributed by atoms with Gasteiger partial charge in [-0.15, -0.1) is 0 Å². The van der Waals surface area contributed by atoms with Crippen LogP contribution in [0.3, 0.4) is 0 Å². The molecule has 0 spiro atoms. The Bertz CT molecular complexity index is 508. The van der Waals surface area contributed by atoms with Crippen LogP contribution in [0.4, 0.5) is 5.69 Å². The second-order valence-electron chi connectivity index (χ2n) is 5.71. The van der Waals surface area contributed by atoms with Crippen LogP contribution in [0.25, 0.3) is 0 Å². The molecule has 108 valence electrons. The van der Waals surface area contributed by atoms with E-state index in [1.165, 1.54) is 6.42 Å². The summed E-state index contributed by atoms with van der Waals surface area (Å²) in [7, 11) is 0. The fourth-order valence-electron chi connectivity index (χ4n) is 3.54. The lowest BCUT2D eigenvalue weighted by Gasteiger charge is -2.39. The Balaban J connectivity index is 1.87. The third-order valence-corrected chi connectivity index (χ3v) is 4.67. The van der Waals surface area contributed by atoms with Crippen LogP contribution in [0.5, 0.6) is 0 Å². The lowest BCUT2D eigenvalue weighted by Crippen LogP contribution is -2.48. The normalized spacial score (nSPS) is 28.4. The van der Waals surface area contributed by atoms with Crippen LogP contribution < -0.4 is 4.90 Å². The first-order valence-electron chi connectivity index (χ1n) is 7.10. The molecule has 2 aliphatic rings. The van der Waals surface area contributed by atoms with E-state index in [9.17, 15) is 9.90 Å². The van der Waals surface area contributed by atoms with Crippen LogP contribution in [0.2, 0.25) is 5.02 Å². The Morgan fingerprint density at radius 3 is 2.95 bits per heavy atom. The van der Waals surface area contributed by atoms with Gasteiger partial charge < -0.3 is 14.9 Å². The van der Waals surface area contributed by atoms with E-state index in [0.29, 0.717) is 17.0 Å². The average molecular weight is 295 g/mol. The molecule has 1 N–H and O–H groups in total. The summed E-state index contributed by atoms with van der Waals surface area (Å²) in [6.45, 7) is 3.36. The van der Waals surface area contributed by atoms with E-state index in [0.717, 1.165) is 31.7 Å². The molecule has 20 heavy (non-hydrogen) atoms. The van der Waals surface area contributed by atoms with Gasteiger partial charge in [-0.25, -0.2) is 0 Å². The zero-order chi connectivity index (χ0) is 14.1. The number of hydrogen-bond acceptors (Lipinski definition) is 3. The highest BCUT2D eigenvalue weighted by molar-refractivity contribution is 6.30. The number of piperidine rings is 1. The quantitative estimate of drug-likeness (QED) is 0.925. The molecule has 0 aromatic heterocycles. The zero-order valence-electron chi connectivity index (χ0n) is 11.3. The minimum absolute atomic E-state index is 0.0432. The predicted octanol–water partition coefficient (Wildman–Crippen LogP) is 2.33. The summed E-state index contributed by atoms with van der Waals surface area (Å²) in [6, 6.07) is 7.84. The van der Waals surface area contributed by atoms with Gasteiger partial charge in [0.1, 0.15) is 6.54 Å². The molecular formula is C15H19ClN2O2. The Labute approximate surface area is 123 Å². The smallest absolute Gasteiger partial charge is 0.323 e. The number of hydrogen-bond donors (Lipinski definition) is 1. The van der Waals surface area contributed by atoms with Crippen molar-refractivity contribution in [2.75, 3.05) is 31.1 Å². The van der Waals surface area contributed by atoms with Gasteiger partial charge in [-0.05, 0) is 43.5 Å². The monoisotopic (exact) mass is 294 g/mol. The van der Waals surface area contributed by atoms with Gasteiger partial charge >= 0.3 is 5.97 Å². The lowest BCUT2D eigenvalue weighted by atomic mass is 9.92. The maximum absolute atomic E-state index is 11.2. The number of carboxylic acids is 1. The van der Waals surface area contributed by atoms with Crippen LogP contribution in [0.15, 0.2) is 24.3 Å². The zero-order valence-corrected chi connectivity index (χ0v) is 12.1. The summed E-state index contributed by atoms with van der Waals surface area (Å²) in [5, 5.41) is 9.88. The van der Waals surface area contributed by atoms with Gasteiger partial charge in [-0.2, -0.15) is 0 Å². The molecule has 4 nitrogen and oxygen atoms in total. The summed E-state index contributed by atoms with van der Waals surface area (Å²) >= 11 is 6.06. The van der Waals surface area contributed by atoms with Crippen molar-refractivity contribution in [1.29, 1.82) is 0 Å². The molecule has 1 aromatic carbocycles. The van der Waals surface area contributed by atoms with Crippen LogP contribution in [-0.2, 0) is 4.79 Å². The summed E-state index contributed by atoms with van der Waals surface area (Å²) in [5.41, 5.74) is 0.922. The van der Waals surface area contributed by atoms with E-state index in [-0.39, 0.29) is 6.54 Å². The third-order valence-electron chi connectivity index (χ3n) is 4.44. The highest BCUT2D eigenvalue weighted by Gasteiger charge is 2.38. The SMILES string of the molecule is O=C(O)CN(c1cccc(Cl)c1)C1CCN2CCC1C2. The summed E-state index contributed by atoms with van der Waals surface area (Å²) in [5.74, 6) is -0.215. The maximum Gasteiger partial charge on any atom is 0.323 e. The molecule has 2 bridgehead atoms. The molecule has 2 saturated heterocycles. The van der Waals surface area contributed by atoms with E-state index in [2.05, 4.69) is 4.90 Å². The van der Waals surface area contributed by atoms with Gasteiger partial charge in [-0.1, -0.05) is 17.7 Å². The van der Waals surface area contributed by atoms with Crippen LogP contribution in [-0.4, -0.2) is 48.2 Å². The van der Waals surface area contributed by atoms with Crippen molar-refractivity contribution >= 4 is 23.3 Å². The van der Waals surface area contributed by atoms with Crippen molar-refractivity contribution in [3.8, 4) is 0 Å². The molecule has 2 aliphatic heterocycles. The standard InChI is InChI=1S/C15H19ClN2O2/c16-12-2-1-3-13(8-12)18(10-15(19)20)14-5-7-17-6-4-11(14)9-17/h1-3,8,11,14H,4-7,9-10H2,(H,19,20). The third kappa shape index (κ3) is 2.76. The molecular weight excluding hydrogens is 276 g/mol. The first kappa shape index (κ1) is 13.7. The molecule has 3 atom stereocenters. The Kier molecular flexibility index (Phi) is 3.85. The van der Waals surface area contributed by atoms with E-state index in [4.69, 9.17) is 11.6 Å². The summed E-state index contributed by atoms with van der Waals surface area (Å²) in [6.07, 6.45) is 2.20. The molecule has 3 rings (SSSR count). The molecule has 0 amide bonds. The van der Waals surface area contributed by atoms with Crippen LogP contribution >= 0.6 is 11.6 Å². The molecule has 0 aliphatic carbocycles. The van der Waals surface area contributed by atoms with Crippen molar-refractivity contribution < 1.29 is 9.90 Å². The Morgan fingerprint density at radius 1 is 1.40 bits per heavy atom. The molecule has 0 saturated carbocycles. The second-order valence-corrected chi connectivity index (χ2v) is 6.14. The molecule has 5 heteroatoms. The number of anilines is 1. The largest absolute Gasteiger partial charge is 0.480 e. The number of fused-ring (bicyclic) bond motifs is 2. The topological polar surface area (TPSA) is 43.8 Å². The molecule has 2 heterocycles. The average Bonchev–Trinajstić information content (AvgIpc) is 2.79. The van der Waals surface area contributed by atoms with Gasteiger partial charge in [0.25, 0.3) is 0 Å². The van der Waals surface area contributed by atoms with E-state index in [1.807, 2.05) is 29.2 Å². The van der Waals surface area contributed by atoms with Gasteiger partial charge in [0.2, 0.25) is 0 Å². The molecule has 2 fully saturated rings. The number of aliphatic carboxylic acids is 1. The Hall–Kier alpha value is -1.26. The van der Waals surface area contributed by atoms with Crippen molar-refractivity contribution in [2.24, 2.45) is 5.92 Å². The predicted molar refractivity (Wildman–Crippen MR) is 79.4 cm³/mol. The number of carbonyl (C=O) groups is 1. The first-order valence-corrected chi connectivity index (χ1v) is 7.47. The minimum atomic E-state index is -0.787. The Morgan fingerprint density at radius 2 is 2.20 bits per heavy atom. The lowest BCUT2D eigenvalue weighted by molar-refractivity contribution is -0.135. The van der Waals surface area contributed by atoms with Gasteiger partial charge in [0.15, 0.2) is 0 Å². The highest BCUT2D eigenvalue weighted by atomic mass is 35.5. The first-order chi connectivity index (χ1) is 9.63. The van der Waals surface area contributed by atoms with Gasteiger partial charge in [0, 0.05) is 29.8 Å². The van der Waals surface area contributed by atoms with Gasteiger partial charge in [0.05, 0.1) is 0 Å². The van der Waals surface area contributed by atoms with Crippen molar-refractivity contribution in [3.63, 3.8) is 0 Å². The van der Waals surface area contributed by atoms with Crippen molar-refractivity contribution in [3.05, 3.63) is 29.3 Å². The van der Waals surface area contributed by atoms with Crippen molar-refractivity contribution in [2.45, 2.75) is 18.9 Å². The van der Waals surface area contributed by atoms with E-state index < -0.39 is 5.97 Å². The highest BCUT2D eigenvalue weighted by Crippen LogP contribution is 2.33. The van der Waals surface area contributed by atoms with Gasteiger partial charge in [-0.3, -0.25) is 4.79 Å². The number of nitrogens with zero attached hydrogens (tertiary/aromatic N) is 2. The maximum atomic E-state index is 11.2. The number of carboxylic acid groups (broad SMARTS) is 1. The molecule has 0 radical (unpaired) electrons. The van der Waals surface area contributed by atoms with E-state index in [1.54, 1.807) is 0 Å². The number of rotatable bonds is 4. The van der Waals surface area contributed by atoms with E-state index >= 15 is 0 Å². The van der Waals surface area contributed by atoms with Crippen molar-refractivity contribution in [1.82, 2.24) is 4.90 Å². The number of halogens is 1.